The number of anilines is 1. The molecule has 0 aliphatic heterocycles. The van der Waals surface area contributed by atoms with E-state index in [0.29, 0.717) is 15.9 Å². The number of benzene rings is 3. The second kappa shape index (κ2) is 15.0. The van der Waals surface area contributed by atoms with Crippen molar-refractivity contribution in [2.24, 2.45) is 0 Å². The maximum atomic E-state index is 14.2. The lowest BCUT2D eigenvalue weighted by Gasteiger charge is -2.35. The van der Waals surface area contributed by atoms with Crippen LogP contribution in [0.4, 0.5) is 18.9 Å². The molecule has 1 fully saturated rings. The summed E-state index contributed by atoms with van der Waals surface area (Å²) in [5.74, 6) is -1.14. The van der Waals surface area contributed by atoms with Crippen molar-refractivity contribution in [2.75, 3.05) is 17.1 Å². The van der Waals surface area contributed by atoms with Crippen molar-refractivity contribution in [3.8, 4) is 0 Å². The summed E-state index contributed by atoms with van der Waals surface area (Å²) >= 11 is 9.21. The van der Waals surface area contributed by atoms with Gasteiger partial charge < -0.3 is 10.2 Å². The molecule has 7 nitrogen and oxygen atoms in total. The molecule has 242 valence electrons. The minimum Gasteiger partial charge on any atom is -0.352 e. The number of sulfonamides is 1. The van der Waals surface area contributed by atoms with Crippen molar-refractivity contribution in [1.29, 1.82) is 0 Å². The van der Waals surface area contributed by atoms with E-state index in [-0.39, 0.29) is 30.6 Å². The van der Waals surface area contributed by atoms with Crippen LogP contribution in [0.25, 0.3) is 0 Å². The Bertz CT molecular complexity index is 1600. The van der Waals surface area contributed by atoms with Crippen LogP contribution < -0.4 is 9.62 Å². The third kappa shape index (κ3) is 9.70. The Morgan fingerprint density at radius 3 is 2.27 bits per heavy atom. The normalized spacial score (nSPS) is 14.9. The number of alkyl halides is 3. The van der Waals surface area contributed by atoms with Crippen molar-refractivity contribution in [3.63, 3.8) is 0 Å². The minimum absolute atomic E-state index is 0.0557. The molecule has 0 unspecified atom stereocenters. The van der Waals surface area contributed by atoms with Gasteiger partial charge in [-0.15, -0.1) is 0 Å². The molecule has 0 saturated heterocycles. The van der Waals surface area contributed by atoms with Gasteiger partial charge in [-0.25, -0.2) is 8.42 Å². The lowest BCUT2D eigenvalue weighted by Crippen LogP contribution is -2.55. The van der Waals surface area contributed by atoms with Gasteiger partial charge in [-0.2, -0.15) is 13.2 Å². The van der Waals surface area contributed by atoms with Crippen LogP contribution in [0, 0.1) is 0 Å². The van der Waals surface area contributed by atoms with E-state index >= 15 is 0 Å². The highest BCUT2D eigenvalue weighted by Crippen LogP contribution is 2.37. The molecule has 1 atom stereocenters. The maximum absolute atomic E-state index is 14.2. The zero-order valence-electron chi connectivity index (χ0n) is 24.6. The molecular weight excluding hydrogens is 695 g/mol. The van der Waals surface area contributed by atoms with Crippen molar-refractivity contribution in [3.05, 3.63) is 99.0 Å². The van der Waals surface area contributed by atoms with Crippen molar-refractivity contribution < 1.29 is 31.2 Å². The lowest BCUT2D eigenvalue weighted by molar-refractivity contribution is -0.140. The summed E-state index contributed by atoms with van der Waals surface area (Å²) in [5.41, 5.74) is -0.169. The second-order valence-electron chi connectivity index (χ2n) is 11.1. The Labute approximate surface area is 274 Å². The number of hydrogen-bond donors (Lipinski definition) is 1. The van der Waals surface area contributed by atoms with Gasteiger partial charge >= 0.3 is 6.18 Å². The van der Waals surface area contributed by atoms with Crippen LogP contribution in [0.5, 0.6) is 0 Å². The van der Waals surface area contributed by atoms with E-state index in [2.05, 4.69) is 21.2 Å². The van der Waals surface area contributed by atoms with Crippen molar-refractivity contribution in [1.82, 2.24) is 10.2 Å². The fourth-order valence-electron chi connectivity index (χ4n) is 5.43. The molecular formula is C32H34BrClF3N3O4S. The van der Waals surface area contributed by atoms with Gasteiger partial charge in [-0.05, 0) is 54.3 Å². The van der Waals surface area contributed by atoms with Gasteiger partial charge in [0.15, 0.2) is 0 Å². The number of amides is 2. The third-order valence-corrected chi connectivity index (χ3v) is 9.65. The van der Waals surface area contributed by atoms with Crippen LogP contribution in [0.15, 0.2) is 77.3 Å². The fraction of sp³-hybridized carbons (Fsp3) is 0.375. The largest absolute Gasteiger partial charge is 0.417 e. The molecule has 0 bridgehead atoms. The average molecular weight is 729 g/mol. The zero-order chi connectivity index (χ0) is 32.8. The van der Waals surface area contributed by atoms with Gasteiger partial charge in [-0.3, -0.25) is 13.9 Å². The molecule has 0 radical (unpaired) electrons. The number of carbonyl (C=O) groups excluding carboxylic acids is 2. The van der Waals surface area contributed by atoms with E-state index in [4.69, 9.17) is 11.6 Å². The Morgan fingerprint density at radius 1 is 0.978 bits per heavy atom. The fourth-order valence-corrected chi connectivity index (χ4v) is 6.94. The summed E-state index contributed by atoms with van der Waals surface area (Å²) in [4.78, 5) is 29.5. The maximum Gasteiger partial charge on any atom is 0.417 e. The summed E-state index contributed by atoms with van der Waals surface area (Å²) in [7, 11) is -4.26. The number of hydrogen-bond acceptors (Lipinski definition) is 4. The molecule has 0 spiro atoms. The van der Waals surface area contributed by atoms with E-state index in [0.717, 1.165) is 60.5 Å². The van der Waals surface area contributed by atoms with Crippen LogP contribution in [0.2, 0.25) is 5.02 Å². The van der Waals surface area contributed by atoms with Gasteiger partial charge in [0.1, 0.15) is 12.6 Å². The first kappa shape index (κ1) is 34.8. The second-order valence-corrected chi connectivity index (χ2v) is 14.4. The number of nitrogens with zero attached hydrogens (tertiary/aromatic N) is 2. The summed E-state index contributed by atoms with van der Waals surface area (Å²) < 4.78 is 68.3. The minimum atomic E-state index is -4.86. The molecule has 0 heterocycles. The predicted octanol–water partition coefficient (Wildman–Crippen LogP) is 6.98. The summed E-state index contributed by atoms with van der Waals surface area (Å²) in [5, 5.41) is 2.50. The molecule has 13 heteroatoms. The Morgan fingerprint density at radius 2 is 1.64 bits per heavy atom. The van der Waals surface area contributed by atoms with Crippen LogP contribution in [0.1, 0.15) is 48.8 Å². The SMILES string of the molecule is CS(=O)(=O)N(CC(=O)N(Cc1cccc(Br)c1)[C@H](Cc1ccccc1)C(=O)NC1CCCCC1)c1ccc(Cl)c(C(F)(F)F)c1. The summed E-state index contributed by atoms with van der Waals surface area (Å²) in [6.45, 7) is -0.895. The monoisotopic (exact) mass is 727 g/mol. The number of carbonyl (C=O) groups is 2. The van der Waals surface area contributed by atoms with E-state index in [1.54, 1.807) is 24.3 Å². The quantitative estimate of drug-likeness (QED) is 0.231. The standard InChI is InChI=1S/C32H34BrClF3N3O4S/c1-45(43,44)40(26-15-16-28(34)27(19-26)32(35,36)37)21-30(41)39(20-23-11-8-12-24(33)17-23)29(18-22-9-4-2-5-10-22)31(42)38-25-13-6-3-7-14-25/h2,4-5,8-12,15-17,19,25,29H,3,6-7,13-14,18,20-21H2,1H3,(H,38,42)/t29-/m1/s1. The molecule has 1 aliphatic carbocycles. The molecule has 45 heavy (non-hydrogen) atoms. The van der Waals surface area contributed by atoms with Gasteiger partial charge in [0.05, 0.1) is 22.5 Å². The molecule has 3 aromatic carbocycles. The van der Waals surface area contributed by atoms with Crippen LogP contribution in [-0.4, -0.2) is 50.0 Å². The molecule has 0 aromatic heterocycles. The number of rotatable bonds is 11. The summed E-state index contributed by atoms with van der Waals surface area (Å²) in [6, 6.07) is 17.8. The molecule has 1 saturated carbocycles. The van der Waals surface area contributed by atoms with E-state index < -0.39 is 45.3 Å². The van der Waals surface area contributed by atoms with Crippen LogP contribution in [-0.2, 0) is 38.8 Å². The highest BCUT2D eigenvalue weighted by atomic mass is 79.9. The molecule has 4 rings (SSSR count). The molecule has 2 amide bonds. The first-order valence-electron chi connectivity index (χ1n) is 14.4. The van der Waals surface area contributed by atoms with Crippen LogP contribution in [0.3, 0.4) is 0 Å². The van der Waals surface area contributed by atoms with Crippen molar-refractivity contribution >= 4 is 55.1 Å². The lowest BCUT2D eigenvalue weighted by atomic mass is 9.94. The molecule has 1 aliphatic rings. The van der Waals surface area contributed by atoms with Gasteiger partial charge in [0.25, 0.3) is 0 Å². The predicted molar refractivity (Wildman–Crippen MR) is 172 cm³/mol. The van der Waals surface area contributed by atoms with Gasteiger partial charge in [-0.1, -0.05) is 89.3 Å². The Hall–Kier alpha value is -3.09. The summed E-state index contributed by atoms with van der Waals surface area (Å²) in [6.07, 6.45) is 0.723. The first-order valence-corrected chi connectivity index (χ1v) is 17.5. The first-order chi connectivity index (χ1) is 21.2. The smallest absolute Gasteiger partial charge is 0.352 e. The molecule has 3 aromatic rings. The average Bonchev–Trinajstić information content (AvgIpc) is 2.98. The van der Waals surface area contributed by atoms with Crippen molar-refractivity contribution in [2.45, 2.75) is 63.3 Å². The number of nitrogens with one attached hydrogen (secondary N) is 1. The van der Waals surface area contributed by atoms with Gasteiger partial charge in [0, 0.05) is 23.5 Å². The van der Waals surface area contributed by atoms with Crippen LogP contribution >= 0.6 is 27.5 Å². The highest BCUT2D eigenvalue weighted by molar-refractivity contribution is 9.10. The Kier molecular flexibility index (Phi) is 11.6. The zero-order valence-corrected chi connectivity index (χ0v) is 27.7. The Balaban J connectivity index is 1.76. The van der Waals surface area contributed by atoms with Gasteiger partial charge in [0.2, 0.25) is 21.8 Å². The highest BCUT2D eigenvalue weighted by Gasteiger charge is 2.37. The topological polar surface area (TPSA) is 86.8 Å². The van der Waals surface area contributed by atoms with E-state index in [1.165, 1.54) is 4.90 Å². The number of halogens is 5. The van der Waals surface area contributed by atoms with E-state index in [1.807, 2.05) is 30.3 Å². The third-order valence-electron chi connectivity index (χ3n) is 7.69. The molecule has 1 N–H and O–H groups in total. The van der Waals surface area contributed by atoms with E-state index in [9.17, 15) is 31.2 Å².